The van der Waals surface area contributed by atoms with Crippen molar-refractivity contribution < 1.29 is 8.78 Å². The van der Waals surface area contributed by atoms with Gasteiger partial charge in [0.05, 0.1) is 0 Å². The molecule has 0 radical (unpaired) electrons. The number of fused-ring (bicyclic) bond motifs is 1. The van der Waals surface area contributed by atoms with E-state index in [1.54, 1.807) is 12.3 Å². The van der Waals surface area contributed by atoms with E-state index in [0.717, 1.165) is 10.9 Å². The summed E-state index contributed by atoms with van der Waals surface area (Å²) in [6.45, 7) is -0.0181. The Balaban J connectivity index is 2.42. The molecule has 0 aliphatic heterocycles. The highest BCUT2D eigenvalue weighted by molar-refractivity contribution is 5.80. The largest absolute Gasteiger partial charge is 0.361 e. The Hall–Kier alpha value is -1.42. The van der Waals surface area contributed by atoms with Gasteiger partial charge in [-0.25, -0.2) is 8.78 Å². The van der Waals surface area contributed by atoms with Crippen LogP contribution in [0.4, 0.5) is 8.78 Å². The van der Waals surface area contributed by atoms with Crippen molar-refractivity contribution >= 4 is 10.9 Å². The van der Waals surface area contributed by atoms with Crippen molar-refractivity contribution in [3.63, 3.8) is 0 Å². The first-order valence-electron chi connectivity index (χ1n) is 4.79. The van der Waals surface area contributed by atoms with Gasteiger partial charge in [0.15, 0.2) is 0 Å². The van der Waals surface area contributed by atoms with Gasteiger partial charge in [0, 0.05) is 23.7 Å². The standard InChI is InChI=1S/C11H12F2N2/c12-11(13,4-5-14)9-2-1-8-3-6-15-10(8)7-9/h1-3,6-7,15H,4-5,14H2. The van der Waals surface area contributed by atoms with E-state index < -0.39 is 5.92 Å². The molecule has 0 bridgehead atoms. The van der Waals surface area contributed by atoms with Crippen LogP contribution in [-0.4, -0.2) is 11.5 Å². The maximum absolute atomic E-state index is 13.5. The lowest BCUT2D eigenvalue weighted by molar-refractivity contribution is -0.0106. The predicted molar refractivity (Wildman–Crippen MR) is 55.9 cm³/mol. The van der Waals surface area contributed by atoms with Crippen molar-refractivity contribution in [2.45, 2.75) is 12.3 Å². The average Bonchev–Trinajstić information content (AvgIpc) is 2.63. The Morgan fingerprint density at radius 2 is 2.07 bits per heavy atom. The quantitative estimate of drug-likeness (QED) is 0.803. The fourth-order valence-corrected chi connectivity index (χ4v) is 1.60. The molecule has 1 aromatic heterocycles. The first-order valence-corrected chi connectivity index (χ1v) is 4.79. The zero-order valence-electron chi connectivity index (χ0n) is 8.13. The minimum Gasteiger partial charge on any atom is -0.361 e. The normalized spacial score (nSPS) is 12.2. The van der Waals surface area contributed by atoms with Gasteiger partial charge < -0.3 is 10.7 Å². The molecule has 15 heavy (non-hydrogen) atoms. The van der Waals surface area contributed by atoms with E-state index >= 15 is 0 Å². The van der Waals surface area contributed by atoms with Crippen molar-refractivity contribution in [1.29, 1.82) is 0 Å². The highest BCUT2D eigenvalue weighted by atomic mass is 19.3. The Morgan fingerprint density at radius 3 is 2.80 bits per heavy atom. The lowest BCUT2D eigenvalue weighted by Gasteiger charge is -2.15. The zero-order chi connectivity index (χ0) is 10.9. The van der Waals surface area contributed by atoms with Gasteiger partial charge >= 0.3 is 0 Å². The zero-order valence-corrected chi connectivity index (χ0v) is 8.13. The number of H-pyrrole nitrogens is 1. The van der Waals surface area contributed by atoms with Gasteiger partial charge in [0.1, 0.15) is 0 Å². The Bertz CT molecular complexity index is 462. The van der Waals surface area contributed by atoms with Crippen LogP contribution < -0.4 is 5.73 Å². The molecule has 3 N–H and O–H groups in total. The van der Waals surface area contributed by atoms with Crippen LogP contribution >= 0.6 is 0 Å². The van der Waals surface area contributed by atoms with Crippen molar-refractivity contribution in [2.75, 3.05) is 6.54 Å². The van der Waals surface area contributed by atoms with E-state index in [2.05, 4.69) is 4.98 Å². The van der Waals surface area contributed by atoms with E-state index in [-0.39, 0.29) is 18.5 Å². The second-order valence-corrected chi connectivity index (χ2v) is 3.52. The summed E-state index contributed by atoms with van der Waals surface area (Å²) in [5.41, 5.74) is 5.90. The third kappa shape index (κ3) is 1.85. The molecular weight excluding hydrogens is 198 g/mol. The molecule has 1 aromatic carbocycles. The molecule has 80 valence electrons. The highest BCUT2D eigenvalue weighted by Gasteiger charge is 2.30. The summed E-state index contributed by atoms with van der Waals surface area (Å²) in [6, 6.07) is 6.46. The number of halogens is 2. The SMILES string of the molecule is NCCC(F)(F)c1ccc2cc[nH]c2c1. The molecule has 2 nitrogen and oxygen atoms in total. The number of nitrogens with two attached hydrogens (primary N) is 1. The summed E-state index contributed by atoms with van der Waals surface area (Å²) in [4.78, 5) is 2.91. The number of rotatable bonds is 3. The highest BCUT2D eigenvalue weighted by Crippen LogP contribution is 2.32. The van der Waals surface area contributed by atoms with E-state index in [1.807, 2.05) is 6.07 Å². The third-order valence-electron chi connectivity index (χ3n) is 2.44. The molecule has 0 unspecified atom stereocenters. The van der Waals surface area contributed by atoms with Crippen LogP contribution in [0.25, 0.3) is 10.9 Å². The maximum Gasteiger partial charge on any atom is 0.274 e. The van der Waals surface area contributed by atoms with Crippen LogP contribution in [0.3, 0.4) is 0 Å². The number of hydrogen-bond acceptors (Lipinski definition) is 1. The van der Waals surface area contributed by atoms with E-state index in [1.165, 1.54) is 12.1 Å². The van der Waals surface area contributed by atoms with Gasteiger partial charge in [-0.15, -0.1) is 0 Å². The Kier molecular flexibility index (Phi) is 2.44. The summed E-state index contributed by atoms with van der Waals surface area (Å²) >= 11 is 0. The number of aromatic nitrogens is 1. The molecule has 0 spiro atoms. The smallest absolute Gasteiger partial charge is 0.274 e. The van der Waals surface area contributed by atoms with Gasteiger partial charge in [-0.05, 0) is 24.1 Å². The Labute approximate surface area is 86.1 Å². The summed E-state index contributed by atoms with van der Waals surface area (Å²) in [5, 5.41) is 0.933. The first-order chi connectivity index (χ1) is 7.13. The van der Waals surface area contributed by atoms with Crippen LogP contribution in [0.5, 0.6) is 0 Å². The molecule has 0 saturated carbocycles. The predicted octanol–water partition coefficient (Wildman–Crippen LogP) is 2.61. The number of alkyl halides is 2. The van der Waals surface area contributed by atoms with E-state index in [0.29, 0.717) is 0 Å². The molecule has 4 heteroatoms. The molecule has 0 aliphatic rings. The van der Waals surface area contributed by atoms with Crippen molar-refractivity contribution in [3.8, 4) is 0 Å². The van der Waals surface area contributed by atoms with E-state index in [9.17, 15) is 8.78 Å². The maximum atomic E-state index is 13.5. The summed E-state index contributed by atoms with van der Waals surface area (Å²) < 4.78 is 27.0. The molecule has 2 rings (SSSR count). The van der Waals surface area contributed by atoms with Crippen LogP contribution in [0.15, 0.2) is 30.5 Å². The molecule has 0 atom stereocenters. The number of hydrogen-bond donors (Lipinski definition) is 2. The number of nitrogens with one attached hydrogen (secondary N) is 1. The van der Waals surface area contributed by atoms with Gasteiger partial charge in [0.25, 0.3) is 5.92 Å². The number of aromatic amines is 1. The molecule has 0 saturated heterocycles. The van der Waals surface area contributed by atoms with Gasteiger partial charge in [0.2, 0.25) is 0 Å². The lowest BCUT2D eigenvalue weighted by Crippen LogP contribution is -2.18. The molecule has 0 fully saturated rings. The lowest BCUT2D eigenvalue weighted by atomic mass is 10.0. The fraction of sp³-hybridized carbons (Fsp3) is 0.273. The van der Waals surface area contributed by atoms with Crippen molar-refractivity contribution in [3.05, 3.63) is 36.0 Å². The minimum absolute atomic E-state index is 0.0166. The van der Waals surface area contributed by atoms with Gasteiger partial charge in [-0.3, -0.25) is 0 Å². The van der Waals surface area contributed by atoms with Crippen LogP contribution in [0.1, 0.15) is 12.0 Å². The molecule has 2 aromatic rings. The molecule has 1 heterocycles. The summed E-state index contributed by atoms with van der Waals surface area (Å²) in [5.74, 6) is -2.84. The topological polar surface area (TPSA) is 41.8 Å². The second kappa shape index (κ2) is 3.62. The molecule has 0 amide bonds. The van der Waals surface area contributed by atoms with Crippen LogP contribution in [-0.2, 0) is 5.92 Å². The average molecular weight is 210 g/mol. The number of benzene rings is 1. The van der Waals surface area contributed by atoms with Crippen molar-refractivity contribution in [1.82, 2.24) is 4.98 Å². The fourth-order valence-electron chi connectivity index (χ4n) is 1.60. The van der Waals surface area contributed by atoms with Crippen LogP contribution in [0.2, 0.25) is 0 Å². The Morgan fingerprint density at radius 1 is 1.27 bits per heavy atom. The van der Waals surface area contributed by atoms with Crippen LogP contribution in [0, 0.1) is 0 Å². The monoisotopic (exact) mass is 210 g/mol. The van der Waals surface area contributed by atoms with E-state index in [4.69, 9.17) is 5.73 Å². The molecule has 0 aliphatic carbocycles. The summed E-state index contributed by atoms with van der Waals surface area (Å²) in [7, 11) is 0. The second-order valence-electron chi connectivity index (χ2n) is 3.52. The van der Waals surface area contributed by atoms with Gasteiger partial charge in [-0.2, -0.15) is 0 Å². The minimum atomic E-state index is -2.84. The molecular formula is C11H12F2N2. The van der Waals surface area contributed by atoms with Gasteiger partial charge in [-0.1, -0.05) is 12.1 Å². The third-order valence-corrected chi connectivity index (χ3v) is 2.44. The van der Waals surface area contributed by atoms with Crippen molar-refractivity contribution in [2.24, 2.45) is 5.73 Å². The first kappa shape index (κ1) is 10.1. The summed E-state index contributed by atoms with van der Waals surface area (Å²) in [6.07, 6.45) is 1.41.